The van der Waals surface area contributed by atoms with Gasteiger partial charge in [-0.3, -0.25) is 0 Å². The molecule has 96 valence electrons. The lowest BCUT2D eigenvalue weighted by Gasteiger charge is -2.08. The number of carbonyl (C=O) groups is 1. The summed E-state index contributed by atoms with van der Waals surface area (Å²) in [7, 11) is -0.0314. The second-order valence-corrected chi connectivity index (χ2v) is 10.7. The maximum Gasteiger partial charge on any atom is 0.338 e. The molecule has 0 fully saturated rings. The summed E-state index contributed by atoms with van der Waals surface area (Å²) in [6.45, 7) is 8.44. The molecule has 0 heterocycles. The van der Waals surface area contributed by atoms with Crippen LogP contribution in [0.5, 0.6) is 0 Å². The Labute approximate surface area is 118 Å². The topological polar surface area (TPSA) is 26.3 Å². The molecule has 1 rings (SSSR count). The van der Waals surface area contributed by atoms with Gasteiger partial charge in [0.15, 0.2) is 0 Å². The van der Waals surface area contributed by atoms with E-state index in [9.17, 15) is 4.79 Å². The van der Waals surface area contributed by atoms with Crippen molar-refractivity contribution in [2.75, 3.05) is 7.11 Å². The molecule has 0 atom stereocenters. The fraction of sp³-hybridized carbons (Fsp3) is 0.357. The standard InChI is InChI=1S/C14H17BrO2Si/c1-10-12(14(16)17-2)8-11(9-13(10)15)6-7-18(3,4)5/h8-9H,1-5H3. The third-order valence-corrected chi connectivity index (χ3v) is 4.03. The van der Waals surface area contributed by atoms with Gasteiger partial charge in [0.1, 0.15) is 8.07 Å². The molecule has 4 heteroatoms. The number of halogens is 1. The summed E-state index contributed by atoms with van der Waals surface area (Å²) in [4.78, 5) is 11.7. The first-order valence-corrected chi connectivity index (χ1v) is 9.95. The molecule has 0 N–H and O–H groups in total. The van der Waals surface area contributed by atoms with Gasteiger partial charge in [-0.1, -0.05) is 41.5 Å². The lowest BCUT2D eigenvalue weighted by molar-refractivity contribution is 0.0600. The minimum absolute atomic E-state index is 0.329. The number of methoxy groups -OCH3 is 1. The molecule has 0 aliphatic heterocycles. The Hall–Kier alpha value is -1.05. The summed E-state index contributed by atoms with van der Waals surface area (Å²) in [6, 6.07) is 3.73. The van der Waals surface area contributed by atoms with Gasteiger partial charge in [0.05, 0.1) is 12.7 Å². The second-order valence-electron chi connectivity index (χ2n) is 5.12. The molecule has 0 radical (unpaired) electrons. The van der Waals surface area contributed by atoms with Crippen molar-refractivity contribution < 1.29 is 9.53 Å². The minimum Gasteiger partial charge on any atom is -0.465 e. The molecule has 0 aliphatic carbocycles. The summed E-state index contributed by atoms with van der Waals surface area (Å²) in [5, 5.41) is 0. The van der Waals surface area contributed by atoms with Crippen molar-refractivity contribution >= 4 is 30.0 Å². The number of benzene rings is 1. The highest BCUT2D eigenvalue weighted by Crippen LogP contribution is 2.22. The number of hydrogen-bond donors (Lipinski definition) is 0. The first kappa shape index (κ1) is 15.0. The molecule has 0 spiro atoms. The zero-order valence-corrected chi connectivity index (χ0v) is 13.9. The van der Waals surface area contributed by atoms with Crippen molar-refractivity contribution in [2.24, 2.45) is 0 Å². The molecule has 1 aromatic rings. The van der Waals surface area contributed by atoms with Crippen LogP contribution in [0.2, 0.25) is 19.6 Å². The van der Waals surface area contributed by atoms with Crippen LogP contribution in [0.1, 0.15) is 21.5 Å². The van der Waals surface area contributed by atoms with Gasteiger partial charge in [-0.15, -0.1) is 5.54 Å². The Balaban J connectivity index is 3.28. The second kappa shape index (κ2) is 5.72. The highest BCUT2D eigenvalue weighted by Gasteiger charge is 2.13. The summed E-state index contributed by atoms with van der Waals surface area (Å²) in [5.74, 6) is 2.82. The van der Waals surface area contributed by atoms with E-state index < -0.39 is 8.07 Å². The first-order chi connectivity index (χ1) is 8.24. The van der Waals surface area contributed by atoms with Gasteiger partial charge < -0.3 is 4.74 Å². The monoisotopic (exact) mass is 324 g/mol. The molecule has 18 heavy (non-hydrogen) atoms. The first-order valence-electron chi connectivity index (χ1n) is 5.66. The summed E-state index contributed by atoms with van der Waals surface area (Å²) >= 11 is 3.45. The van der Waals surface area contributed by atoms with Crippen LogP contribution in [-0.4, -0.2) is 21.2 Å². The van der Waals surface area contributed by atoms with Gasteiger partial charge in [-0.25, -0.2) is 4.79 Å². The maximum atomic E-state index is 11.7. The Kier molecular flexibility index (Phi) is 4.77. The van der Waals surface area contributed by atoms with Crippen LogP contribution in [-0.2, 0) is 4.74 Å². The van der Waals surface area contributed by atoms with Crippen molar-refractivity contribution in [3.05, 3.63) is 33.3 Å². The predicted molar refractivity (Wildman–Crippen MR) is 80.4 cm³/mol. The van der Waals surface area contributed by atoms with E-state index >= 15 is 0 Å². The number of rotatable bonds is 1. The number of carbonyl (C=O) groups excluding carboxylic acids is 1. The van der Waals surface area contributed by atoms with Gasteiger partial charge >= 0.3 is 5.97 Å². The van der Waals surface area contributed by atoms with Gasteiger partial charge in [-0.05, 0) is 24.6 Å². The van der Waals surface area contributed by atoms with E-state index in [1.54, 1.807) is 6.07 Å². The molecule has 1 aromatic carbocycles. The van der Waals surface area contributed by atoms with Crippen molar-refractivity contribution in [3.63, 3.8) is 0 Å². The van der Waals surface area contributed by atoms with Crippen molar-refractivity contribution in [2.45, 2.75) is 26.6 Å². The SMILES string of the molecule is COC(=O)c1cc(C#C[Si](C)(C)C)cc(Br)c1C. The van der Waals surface area contributed by atoms with E-state index in [-0.39, 0.29) is 5.97 Å². The number of hydrogen-bond acceptors (Lipinski definition) is 2. The highest BCUT2D eigenvalue weighted by molar-refractivity contribution is 9.10. The van der Waals surface area contributed by atoms with Crippen LogP contribution in [0.3, 0.4) is 0 Å². The van der Waals surface area contributed by atoms with Crippen LogP contribution < -0.4 is 0 Å². The summed E-state index contributed by atoms with van der Waals surface area (Å²) < 4.78 is 5.65. The van der Waals surface area contributed by atoms with Crippen LogP contribution in [0, 0.1) is 18.4 Å². The summed E-state index contributed by atoms with van der Waals surface area (Å²) in [5.41, 5.74) is 5.56. The lowest BCUT2D eigenvalue weighted by atomic mass is 10.1. The third kappa shape index (κ3) is 4.00. The Bertz CT molecular complexity index is 533. The molecular formula is C14H17BrO2Si. The smallest absolute Gasteiger partial charge is 0.338 e. The zero-order valence-electron chi connectivity index (χ0n) is 11.3. The van der Waals surface area contributed by atoms with Crippen LogP contribution in [0.15, 0.2) is 16.6 Å². The van der Waals surface area contributed by atoms with E-state index in [1.165, 1.54) is 7.11 Å². The molecule has 0 bridgehead atoms. The van der Waals surface area contributed by atoms with Gasteiger partial charge in [0.2, 0.25) is 0 Å². The normalized spacial score (nSPS) is 10.6. The van der Waals surface area contributed by atoms with Gasteiger partial charge in [0, 0.05) is 10.0 Å². The molecular weight excluding hydrogens is 308 g/mol. The van der Waals surface area contributed by atoms with E-state index in [0.717, 1.165) is 15.6 Å². The largest absolute Gasteiger partial charge is 0.465 e. The van der Waals surface area contributed by atoms with Crippen LogP contribution >= 0.6 is 15.9 Å². The quantitative estimate of drug-likeness (QED) is 0.446. The fourth-order valence-corrected chi connectivity index (χ4v) is 2.31. The molecule has 0 saturated heterocycles. The van der Waals surface area contributed by atoms with E-state index in [0.29, 0.717) is 5.56 Å². The molecule has 0 unspecified atom stereocenters. The van der Waals surface area contributed by atoms with Crippen LogP contribution in [0.4, 0.5) is 0 Å². The zero-order chi connectivity index (χ0) is 13.9. The van der Waals surface area contributed by atoms with Crippen molar-refractivity contribution in [1.82, 2.24) is 0 Å². The molecule has 0 aliphatic rings. The Morgan fingerprint density at radius 2 is 1.94 bits per heavy atom. The highest BCUT2D eigenvalue weighted by atomic mass is 79.9. The van der Waals surface area contributed by atoms with Crippen molar-refractivity contribution in [1.29, 1.82) is 0 Å². The van der Waals surface area contributed by atoms with Crippen molar-refractivity contribution in [3.8, 4) is 11.5 Å². The van der Waals surface area contributed by atoms with Gasteiger partial charge in [-0.2, -0.15) is 0 Å². The van der Waals surface area contributed by atoms with E-state index in [4.69, 9.17) is 4.74 Å². The predicted octanol–water partition coefficient (Wildman–Crippen LogP) is 3.77. The average Bonchev–Trinajstić information content (AvgIpc) is 2.28. The minimum atomic E-state index is -1.42. The summed E-state index contributed by atoms with van der Waals surface area (Å²) in [6.07, 6.45) is 0. The van der Waals surface area contributed by atoms with E-state index in [2.05, 4.69) is 47.0 Å². The van der Waals surface area contributed by atoms with Gasteiger partial charge in [0.25, 0.3) is 0 Å². The van der Waals surface area contributed by atoms with E-state index in [1.807, 2.05) is 13.0 Å². The molecule has 0 aromatic heterocycles. The lowest BCUT2D eigenvalue weighted by Crippen LogP contribution is -2.16. The Morgan fingerprint density at radius 3 is 2.44 bits per heavy atom. The fourth-order valence-electron chi connectivity index (χ4n) is 1.33. The molecule has 0 amide bonds. The average molecular weight is 325 g/mol. The molecule has 2 nitrogen and oxygen atoms in total. The Morgan fingerprint density at radius 1 is 1.33 bits per heavy atom. The number of esters is 1. The van der Waals surface area contributed by atoms with Crippen LogP contribution in [0.25, 0.3) is 0 Å². The maximum absolute atomic E-state index is 11.7. The number of ether oxygens (including phenoxy) is 1. The third-order valence-electron chi connectivity index (χ3n) is 2.33. The molecule has 0 saturated carbocycles.